The van der Waals surface area contributed by atoms with E-state index in [0.717, 1.165) is 0 Å². The van der Waals surface area contributed by atoms with Gasteiger partial charge in [-0.1, -0.05) is 0 Å². The molecular weight excluding hydrogens is 368 g/mol. The zero-order chi connectivity index (χ0) is 15.7. The predicted molar refractivity (Wildman–Crippen MR) is 85.8 cm³/mol. The summed E-state index contributed by atoms with van der Waals surface area (Å²) in [6.45, 7) is 0. The van der Waals surface area contributed by atoms with Crippen molar-refractivity contribution < 1.29 is 8.42 Å². The van der Waals surface area contributed by atoms with Gasteiger partial charge in [0.2, 0.25) is 0 Å². The number of pyridine rings is 1. The molecule has 0 aliphatic heterocycles. The van der Waals surface area contributed by atoms with Crippen LogP contribution in [0.4, 0.5) is 5.69 Å². The Labute approximate surface area is 135 Å². The van der Waals surface area contributed by atoms with Gasteiger partial charge in [-0.3, -0.25) is 4.72 Å². The number of sulfonamides is 1. The van der Waals surface area contributed by atoms with Gasteiger partial charge in [0.1, 0.15) is 15.1 Å². The molecule has 8 heteroatoms. The topological polar surface area (TPSA) is 98.6 Å². The maximum Gasteiger partial charge on any atom is 0.264 e. The van der Waals surface area contributed by atoms with Gasteiger partial charge in [-0.15, -0.1) is 0 Å². The highest BCUT2D eigenvalue weighted by Gasteiger charge is 2.19. The summed E-state index contributed by atoms with van der Waals surface area (Å²) < 4.78 is 28.1. The molecule has 110 valence electrons. The van der Waals surface area contributed by atoms with E-state index >= 15 is 0 Å². The monoisotopic (exact) mass is 376 g/mol. The average Bonchev–Trinajstić information content (AvgIpc) is 2.91. The third kappa shape index (κ3) is 2.68. The number of H-pyrrole nitrogens is 1. The Kier molecular flexibility index (Phi) is 3.60. The number of aromatic nitrogens is 2. The molecule has 6 nitrogen and oxygen atoms in total. The first-order valence-electron chi connectivity index (χ1n) is 6.16. The Morgan fingerprint density at radius 2 is 1.91 bits per heavy atom. The van der Waals surface area contributed by atoms with Gasteiger partial charge in [0.15, 0.2) is 0 Å². The van der Waals surface area contributed by atoms with Crippen molar-refractivity contribution in [2.75, 3.05) is 4.72 Å². The molecule has 22 heavy (non-hydrogen) atoms. The second kappa shape index (κ2) is 5.44. The van der Waals surface area contributed by atoms with Crippen LogP contribution in [0.5, 0.6) is 0 Å². The molecule has 0 atom stereocenters. The first kappa shape index (κ1) is 14.6. The molecule has 0 aliphatic rings. The van der Waals surface area contributed by atoms with Gasteiger partial charge in [0.25, 0.3) is 10.0 Å². The molecule has 1 aromatic carbocycles. The lowest BCUT2D eigenvalue weighted by Crippen LogP contribution is -2.12. The van der Waals surface area contributed by atoms with Crippen LogP contribution < -0.4 is 4.72 Å². The number of nitriles is 1. The maximum absolute atomic E-state index is 12.5. The number of anilines is 1. The minimum absolute atomic E-state index is 0.117. The van der Waals surface area contributed by atoms with Gasteiger partial charge < -0.3 is 4.98 Å². The number of fused-ring (bicyclic) bond motifs is 1. The van der Waals surface area contributed by atoms with Gasteiger partial charge >= 0.3 is 0 Å². The van der Waals surface area contributed by atoms with E-state index in [0.29, 0.717) is 26.9 Å². The number of aromatic amines is 1. The maximum atomic E-state index is 12.5. The molecule has 0 radical (unpaired) electrons. The molecule has 3 aromatic rings. The van der Waals surface area contributed by atoms with E-state index in [-0.39, 0.29) is 4.90 Å². The first-order chi connectivity index (χ1) is 10.5. The smallest absolute Gasteiger partial charge is 0.264 e. The quantitative estimate of drug-likeness (QED) is 0.686. The molecule has 2 heterocycles. The number of hydrogen-bond donors (Lipinski definition) is 2. The van der Waals surface area contributed by atoms with Gasteiger partial charge in [-0.25, -0.2) is 13.4 Å². The first-order valence-corrected chi connectivity index (χ1v) is 8.44. The fraction of sp³-hybridized carbons (Fsp3) is 0. The number of hydrogen-bond acceptors (Lipinski definition) is 4. The number of rotatable bonds is 3. The normalized spacial score (nSPS) is 11.3. The summed E-state index contributed by atoms with van der Waals surface area (Å²) in [7, 11) is -3.75. The van der Waals surface area contributed by atoms with Crippen LogP contribution >= 0.6 is 15.9 Å². The van der Waals surface area contributed by atoms with E-state index in [2.05, 4.69) is 30.6 Å². The Balaban J connectivity index is 1.99. The van der Waals surface area contributed by atoms with Crippen molar-refractivity contribution in [1.82, 2.24) is 9.97 Å². The minimum atomic E-state index is -3.75. The van der Waals surface area contributed by atoms with Crippen LogP contribution in [0.3, 0.4) is 0 Å². The van der Waals surface area contributed by atoms with Crippen molar-refractivity contribution in [2.45, 2.75) is 4.90 Å². The highest BCUT2D eigenvalue weighted by Crippen LogP contribution is 2.25. The van der Waals surface area contributed by atoms with Gasteiger partial charge in [0.05, 0.1) is 11.6 Å². The Morgan fingerprint density at radius 1 is 1.18 bits per heavy atom. The number of nitrogens with zero attached hydrogens (tertiary/aromatic N) is 2. The van der Waals surface area contributed by atoms with E-state index < -0.39 is 10.0 Å². The molecule has 0 saturated carbocycles. The summed E-state index contributed by atoms with van der Waals surface area (Å²) in [4.78, 5) is 7.13. The fourth-order valence-corrected chi connectivity index (χ4v) is 3.54. The lowest BCUT2D eigenvalue weighted by molar-refractivity contribution is 0.602. The summed E-state index contributed by atoms with van der Waals surface area (Å²) in [5.41, 5.74) is 1.33. The highest BCUT2D eigenvalue weighted by molar-refractivity contribution is 9.10. The van der Waals surface area contributed by atoms with Crippen molar-refractivity contribution in [2.24, 2.45) is 0 Å². The largest absolute Gasteiger partial charge is 0.345 e. The number of halogens is 1. The second-order valence-corrected chi connectivity index (χ2v) is 6.94. The molecule has 0 amide bonds. The molecule has 0 saturated heterocycles. The molecule has 0 fully saturated rings. The molecule has 2 aromatic heterocycles. The Morgan fingerprint density at radius 3 is 2.59 bits per heavy atom. The molecular formula is C14H9BrN4O2S. The summed E-state index contributed by atoms with van der Waals surface area (Å²) in [6.07, 6.45) is 1.40. The summed E-state index contributed by atoms with van der Waals surface area (Å²) in [5, 5.41) is 9.25. The zero-order valence-corrected chi connectivity index (χ0v) is 13.4. The average molecular weight is 377 g/mol. The Bertz CT molecular complexity index is 988. The van der Waals surface area contributed by atoms with E-state index in [1.807, 2.05) is 6.07 Å². The van der Waals surface area contributed by atoms with E-state index in [9.17, 15) is 8.42 Å². The zero-order valence-electron chi connectivity index (χ0n) is 11.0. The fourth-order valence-electron chi connectivity index (χ4n) is 2.00. The van der Waals surface area contributed by atoms with E-state index in [1.165, 1.54) is 6.20 Å². The van der Waals surface area contributed by atoms with E-state index in [4.69, 9.17) is 5.26 Å². The second-order valence-electron chi connectivity index (χ2n) is 4.48. The summed E-state index contributed by atoms with van der Waals surface area (Å²) >= 11 is 3.24. The van der Waals surface area contributed by atoms with Crippen LogP contribution in [0.15, 0.2) is 52.1 Å². The van der Waals surface area contributed by atoms with E-state index in [1.54, 1.807) is 36.4 Å². The molecule has 0 aliphatic carbocycles. The lowest BCUT2D eigenvalue weighted by atomic mass is 10.2. The van der Waals surface area contributed by atoms with Crippen molar-refractivity contribution in [3.05, 3.63) is 52.8 Å². The van der Waals surface area contributed by atoms with Crippen LogP contribution in [-0.4, -0.2) is 18.4 Å². The van der Waals surface area contributed by atoms with Crippen LogP contribution in [0, 0.1) is 11.3 Å². The van der Waals surface area contributed by atoms with Gasteiger partial charge in [0, 0.05) is 17.3 Å². The minimum Gasteiger partial charge on any atom is -0.345 e. The molecule has 0 unspecified atom stereocenters. The van der Waals surface area contributed by atoms with Gasteiger partial charge in [-0.05, 0) is 52.3 Å². The van der Waals surface area contributed by atoms with Crippen molar-refractivity contribution in [3.63, 3.8) is 0 Å². The lowest BCUT2D eigenvalue weighted by Gasteiger charge is -2.07. The van der Waals surface area contributed by atoms with Crippen LogP contribution in [0.2, 0.25) is 0 Å². The SMILES string of the molecule is N#Cc1ccc(NS(=O)(=O)c2c[nH]c3nc(Br)ccc23)cc1. The molecule has 3 rings (SSSR count). The number of nitrogens with one attached hydrogen (secondary N) is 2. The number of benzene rings is 1. The van der Waals surface area contributed by atoms with Crippen molar-refractivity contribution >= 4 is 42.7 Å². The van der Waals surface area contributed by atoms with Crippen LogP contribution in [0.1, 0.15) is 5.56 Å². The third-order valence-electron chi connectivity index (χ3n) is 3.02. The van der Waals surface area contributed by atoms with Crippen LogP contribution in [-0.2, 0) is 10.0 Å². The molecule has 0 spiro atoms. The summed E-state index contributed by atoms with van der Waals surface area (Å²) in [6, 6.07) is 11.5. The Hall–Kier alpha value is -2.37. The van der Waals surface area contributed by atoms with Gasteiger partial charge in [-0.2, -0.15) is 5.26 Å². The third-order valence-corrected chi connectivity index (χ3v) is 4.89. The summed E-state index contributed by atoms with van der Waals surface area (Å²) in [5.74, 6) is 0. The van der Waals surface area contributed by atoms with Crippen molar-refractivity contribution in [3.8, 4) is 6.07 Å². The van der Waals surface area contributed by atoms with Crippen molar-refractivity contribution in [1.29, 1.82) is 5.26 Å². The molecule has 0 bridgehead atoms. The predicted octanol–water partition coefficient (Wildman–Crippen LogP) is 3.00. The van der Waals surface area contributed by atoms with Crippen LogP contribution in [0.25, 0.3) is 11.0 Å². The highest BCUT2D eigenvalue weighted by atomic mass is 79.9. The standard InChI is InChI=1S/C14H9BrN4O2S/c15-13-6-5-11-12(8-17-14(11)18-13)22(20,21)19-10-3-1-9(7-16)2-4-10/h1-6,8,19H,(H,17,18). The molecule has 2 N–H and O–H groups in total.